The average molecular weight is 247 g/mol. The van der Waals surface area contributed by atoms with E-state index >= 15 is 0 Å². The number of hydrogen-bond donors (Lipinski definition) is 1. The fourth-order valence-electron chi connectivity index (χ4n) is 2.69. The molecule has 0 saturated carbocycles. The van der Waals surface area contributed by atoms with Crippen LogP contribution in [0.2, 0.25) is 0 Å². The van der Waals surface area contributed by atoms with Crippen molar-refractivity contribution >= 4 is 5.97 Å². The summed E-state index contributed by atoms with van der Waals surface area (Å²) in [5.74, 6) is -0.212. The number of fused-ring (bicyclic) bond motifs is 1. The van der Waals surface area contributed by atoms with E-state index in [4.69, 9.17) is 9.47 Å². The summed E-state index contributed by atoms with van der Waals surface area (Å²) in [5, 5.41) is 3.36. The molecule has 0 radical (unpaired) electrons. The zero-order chi connectivity index (χ0) is 12.7. The molecule has 0 aromatic heterocycles. The van der Waals surface area contributed by atoms with Gasteiger partial charge in [-0.2, -0.15) is 0 Å². The summed E-state index contributed by atoms with van der Waals surface area (Å²) in [4.78, 5) is 11.5. The predicted octanol–water partition coefficient (Wildman–Crippen LogP) is 1.71. The monoisotopic (exact) mass is 247 g/mol. The van der Waals surface area contributed by atoms with Crippen molar-refractivity contribution in [3.8, 4) is 0 Å². The first kappa shape index (κ1) is 11.7. The van der Waals surface area contributed by atoms with Gasteiger partial charge in [0, 0.05) is 18.7 Å². The maximum atomic E-state index is 11.5. The molecule has 1 saturated heterocycles. The number of carbonyl (C=O) groups is 1. The maximum absolute atomic E-state index is 11.5. The van der Waals surface area contributed by atoms with E-state index in [0.717, 1.165) is 29.8 Å². The highest BCUT2D eigenvalue weighted by atomic mass is 16.5. The molecule has 18 heavy (non-hydrogen) atoms. The molecule has 0 spiro atoms. The number of carbonyl (C=O) groups excluding carboxylic acids is 1. The third-order valence-corrected chi connectivity index (χ3v) is 3.71. The van der Waals surface area contributed by atoms with Gasteiger partial charge in [0.25, 0.3) is 0 Å². The van der Waals surface area contributed by atoms with Crippen LogP contribution in [0, 0.1) is 6.92 Å². The number of hydrogen-bond acceptors (Lipinski definition) is 4. The molecule has 0 amide bonds. The van der Waals surface area contributed by atoms with E-state index in [2.05, 4.69) is 12.2 Å². The van der Waals surface area contributed by atoms with E-state index in [1.807, 2.05) is 19.1 Å². The van der Waals surface area contributed by atoms with Crippen LogP contribution in [0.25, 0.3) is 0 Å². The molecule has 0 aliphatic carbocycles. The summed E-state index contributed by atoms with van der Waals surface area (Å²) < 4.78 is 11.0. The first-order valence-electron chi connectivity index (χ1n) is 6.32. The molecular formula is C14H17NO3. The van der Waals surface area contributed by atoms with Gasteiger partial charge in [0.1, 0.15) is 6.61 Å². The molecule has 2 atom stereocenters. The molecule has 96 valence electrons. The van der Waals surface area contributed by atoms with Crippen molar-refractivity contribution in [1.29, 1.82) is 0 Å². The van der Waals surface area contributed by atoms with E-state index in [9.17, 15) is 4.79 Å². The van der Waals surface area contributed by atoms with Gasteiger partial charge in [-0.3, -0.25) is 0 Å². The molecule has 2 aliphatic rings. The lowest BCUT2D eigenvalue weighted by Gasteiger charge is -2.30. The standard InChI is InChI=1S/C14H17NO3/c1-8-5-15-6-13(18-8)10-3-4-11-12(9(10)2)7-17-14(11)16/h3-4,8,13,15H,5-7H2,1-2H3/t8?,13-/m0/s1. The summed E-state index contributed by atoms with van der Waals surface area (Å²) in [6, 6.07) is 3.85. The quantitative estimate of drug-likeness (QED) is 0.768. The van der Waals surface area contributed by atoms with Crippen molar-refractivity contribution in [3.63, 3.8) is 0 Å². The van der Waals surface area contributed by atoms with Crippen molar-refractivity contribution < 1.29 is 14.3 Å². The van der Waals surface area contributed by atoms with E-state index in [1.54, 1.807) is 0 Å². The Bertz CT molecular complexity index is 498. The molecule has 1 aromatic carbocycles. The summed E-state index contributed by atoms with van der Waals surface area (Å²) in [7, 11) is 0. The average Bonchev–Trinajstić information content (AvgIpc) is 2.73. The molecule has 1 unspecified atom stereocenters. The molecule has 1 N–H and O–H groups in total. The summed E-state index contributed by atoms with van der Waals surface area (Å²) in [6.45, 7) is 6.21. The Morgan fingerprint density at radius 1 is 1.33 bits per heavy atom. The van der Waals surface area contributed by atoms with E-state index in [-0.39, 0.29) is 18.2 Å². The lowest BCUT2D eigenvalue weighted by atomic mass is 9.94. The number of rotatable bonds is 1. The number of morpholine rings is 1. The van der Waals surface area contributed by atoms with Crippen molar-refractivity contribution in [2.24, 2.45) is 0 Å². The van der Waals surface area contributed by atoms with Crippen LogP contribution in [0.4, 0.5) is 0 Å². The molecule has 2 heterocycles. The fourth-order valence-corrected chi connectivity index (χ4v) is 2.69. The molecule has 0 bridgehead atoms. The van der Waals surface area contributed by atoms with Crippen LogP contribution in [0.15, 0.2) is 12.1 Å². The second-order valence-corrected chi connectivity index (χ2v) is 4.98. The van der Waals surface area contributed by atoms with Crippen molar-refractivity contribution in [2.75, 3.05) is 13.1 Å². The van der Waals surface area contributed by atoms with Gasteiger partial charge in [0.05, 0.1) is 17.8 Å². The zero-order valence-corrected chi connectivity index (χ0v) is 10.7. The largest absolute Gasteiger partial charge is 0.457 e. The Labute approximate surface area is 106 Å². The molecule has 1 aromatic rings. The van der Waals surface area contributed by atoms with Gasteiger partial charge >= 0.3 is 5.97 Å². The Kier molecular flexibility index (Phi) is 2.84. The lowest BCUT2D eigenvalue weighted by Crippen LogP contribution is -2.39. The van der Waals surface area contributed by atoms with Crippen LogP contribution < -0.4 is 5.32 Å². The van der Waals surface area contributed by atoms with Crippen LogP contribution in [-0.2, 0) is 16.1 Å². The molecule has 3 rings (SSSR count). The molecular weight excluding hydrogens is 230 g/mol. The van der Waals surface area contributed by atoms with Gasteiger partial charge in [-0.05, 0) is 31.0 Å². The third-order valence-electron chi connectivity index (χ3n) is 3.71. The molecule has 1 fully saturated rings. The van der Waals surface area contributed by atoms with E-state index in [1.165, 1.54) is 0 Å². The van der Waals surface area contributed by atoms with Crippen molar-refractivity contribution in [1.82, 2.24) is 5.32 Å². The van der Waals surface area contributed by atoms with Crippen LogP contribution >= 0.6 is 0 Å². The minimum absolute atomic E-state index is 0.0646. The second-order valence-electron chi connectivity index (χ2n) is 4.98. The van der Waals surface area contributed by atoms with Crippen molar-refractivity contribution in [3.05, 3.63) is 34.4 Å². The molecule has 4 heteroatoms. The van der Waals surface area contributed by atoms with E-state index in [0.29, 0.717) is 12.2 Å². The highest BCUT2D eigenvalue weighted by molar-refractivity contribution is 5.93. The number of cyclic esters (lactones) is 1. The number of nitrogens with one attached hydrogen (secondary N) is 1. The number of esters is 1. The maximum Gasteiger partial charge on any atom is 0.338 e. The summed E-state index contributed by atoms with van der Waals surface area (Å²) in [5.41, 5.74) is 4.00. The third kappa shape index (κ3) is 1.82. The van der Waals surface area contributed by atoms with Crippen LogP contribution in [-0.4, -0.2) is 25.2 Å². The lowest BCUT2D eigenvalue weighted by molar-refractivity contribution is -0.0290. The Morgan fingerprint density at radius 3 is 2.94 bits per heavy atom. The topological polar surface area (TPSA) is 47.6 Å². The van der Waals surface area contributed by atoms with Crippen LogP contribution in [0.3, 0.4) is 0 Å². The van der Waals surface area contributed by atoms with Gasteiger partial charge in [0.15, 0.2) is 0 Å². The van der Waals surface area contributed by atoms with Crippen LogP contribution in [0.5, 0.6) is 0 Å². The van der Waals surface area contributed by atoms with Crippen LogP contribution in [0.1, 0.15) is 40.1 Å². The Balaban J connectivity index is 1.96. The van der Waals surface area contributed by atoms with Gasteiger partial charge < -0.3 is 14.8 Å². The highest BCUT2D eigenvalue weighted by Gasteiger charge is 2.28. The van der Waals surface area contributed by atoms with E-state index < -0.39 is 0 Å². The Hall–Kier alpha value is -1.39. The Morgan fingerprint density at radius 2 is 2.17 bits per heavy atom. The smallest absolute Gasteiger partial charge is 0.338 e. The normalized spacial score (nSPS) is 26.9. The van der Waals surface area contributed by atoms with Crippen molar-refractivity contribution in [2.45, 2.75) is 32.7 Å². The minimum Gasteiger partial charge on any atom is -0.457 e. The highest BCUT2D eigenvalue weighted by Crippen LogP contribution is 2.31. The SMILES string of the molecule is Cc1c([C@@H]2CNCC(C)O2)ccc2c1COC2=O. The number of benzene rings is 1. The van der Waals surface area contributed by atoms with Gasteiger partial charge in [-0.1, -0.05) is 6.07 Å². The molecule has 2 aliphatic heterocycles. The summed E-state index contributed by atoms with van der Waals surface area (Å²) >= 11 is 0. The minimum atomic E-state index is -0.212. The summed E-state index contributed by atoms with van der Waals surface area (Å²) in [6.07, 6.45) is 0.282. The first-order chi connectivity index (χ1) is 8.66. The van der Waals surface area contributed by atoms with Gasteiger partial charge in [0.2, 0.25) is 0 Å². The predicted molar refractivity (Wildman–Crippen MR) is 66.5 cm³/mol. The number of ether oxygens (including phenoxy) is 2. The van der Waals surface area contributed by atoms with Gasteiger partial charge in [-0.15, -0.1) is 0 Å². The zero-order valence-electron chi connectivity index (χ0n) is 10.7. The molecule has 4 nitrogen and oxygen atoms in total. The van der Waals surface area contributed by atoms with Gasteiger partial charge in [-0.25, -0.2) is 4.79 Å². The second kappa shape index (κ2) is 4.37. The first-order valence-corrected chi connectivity index (χ1v) is 6.32. The fraction of sp³-hybridized carbons (Fsp3) is 0.500.